The fourth-order valence-corrected chi connectivity index (χ4v) is 4.25. The van der Waals surface area contributed by atoms with Crippen molar-refractivity contribution in [2.45, 2.75) is 26.6 Å². The molecule has 1 N–H and O–H groups in total. The van der Waals surface area contributed by atoms with Gasteiger partial charge < -0.3 is 14.8 Å². The van der Waals surface area contributed by atoms with Gasteiger partial charge in [0, 0.05) is 43.2 Å². The van der Waals surface area contributed by atoms with Crippen molar-refractivity contribution in [3.05, 3.63) is 95.1 Å². The fraction of sp³-hybridized carbons (Fsp3) is 0.222. The lowest BCUT2D eigenvalue weighted by molar-refractivity contribution is 0.0945. The number of nitrogens with one attached hydrogen (secondary N) is 1. The summed E-state index contributed by atoms with van der Waals surface area (Å²) in [4.78, 5) is 17.4. The SMILES string of the molecule is COCc1nn(Cc2ccc3ccncc3c2)cc1C(=O)NCc1c(-n2cc(C)nn2)ccc(OC)c1F. The predicted octanol–water partition coefficient (Wildman–Crippen LogP) is 3.59. The molecule has 3 heterocycles. The molecule has 11 heteroatoms. The van der Waals surface area contributed by atoms with Crippen molar-refractivity contribution in [1.29, 1.82) is 0 Å². The molecule has 0 fully saturated rings. The molecule has 0 radical (unpaired) electrons. The molecule has 0 aliphatic heterocycles. The number of hydrogen-bond acceptors (Lipinski definition) is 7. The fourth-order valence-electron chi connectivity index (χ4n) is 4.25. The Morgan fingerprint density at radius 3 is 2.74 bits per heavy atom. The second kappa shape index (κ2) is 10.8. The highest BCUT2D eigenvalue weighted by Gasteiger charge is 2.20. The molecule has 5 rings (SSSR count). The second-order valence-corrected chi connectivity index (χ2v) is 8.74. The molecule has 0 bridgehead atoms. The van der Waals surface area contributed by atoms with E-state index in [1.54, 1.807) is 36.3 Å². The molecule has 3 aromatic heterocycles. The highest BCUT2D eigenvalue weighted by Crippen LogP contribution is 2.26. The largest absolute Gasteiger partial charge is 0.494 e. The van der Waals surface area contributed by atoms with Gasteiger partial charge in [-0.15, -0.1) is 5.10 Å². The van der Waals surface area contributed by atoms with E-state index in [0.717, 1.165) is 16.3 Å². The van der Waals surface area contributed by atoms with E-state index < -0.39 is 11.7 Å². The third-order valence-electron chi connectivity index (χ3n) is 6.10. The molecule has 0 aliphatic rings. The van der Waals surface area contributed by atoms with E-state index in [2.05, 4.69) is 25.7 Å². The summed E-state index contributed by atoms with van der Waals surface area (Å²) < 4.78 is 28.8. The Kier molecular flexibility index (Phi) is 7.09. The topological polar surface area (TPSA) is 109 Å². The molecule has 38 heavy (non-hydrogen) atoms. The number of halogens is 1. The number of benzene rings is 2. The van der Waals surface area contributed by atoms with E-state index in [1.165, 1.54) is 25.0 Å². The van der Waals surface area contributed by atoms with E-state index in [1.807, 2.05) is 30.5 Å². The van der Waals surface area contributed by atoms with Crippen LogP contribution in [0.15, 0.2) is 61.2 Å². The van der Waals surface area contributed by atoms with Gasteiger partial charge in [-0.3, -0.25) is 14.5 Å². The number of pyridine rings is 1. The van der Waals surface area contributed by atoms with Gasteiger partial charge >= 0.3 is 0 Å². The maximum absolute atomic E-state index is 15.3. The number of carbonyl (C=O) groups is 1. The van der Waals surface area contributed by atoms with Crippen molar-refractivity contribution >= 4 is 16.7 Å². The summed E-state index contributed by atoms with van der Waals surface area (Å²) in [5.74, 6) is -0.931. The van der Waals surface area contributed by atoms with E-state index in [4.69, 9.17) is 9.47 Å². The van der Waals surface area contributed by atoms with Gasteiger partial charge in [-0.25, -0.2) is 9.07 Å². The summed E-state index contributed by atoms with van der Waals surface area (Å²) in [6.45, 7) is 2.28. The Balaban J connectivity index is 1.39. The minimum Gasteiger partial charge on any atom is -0.494 e. The molecule has 0 saturated heterocycles. The molecular formula is C27H26FN7O3. The normalized spacial score (nSPS) is 11.2. The van der Waals surface area contributed by atoms with E-state index in [9.17, 15) is 4.79 Å². The first kappa shape index (κ1) is 25.0. The molecule has 0 aliphatic carbocycles. The lowest BCUT2D eigenvalue weighted by atomic mass is 10.1. The van der Waals surface area contributed by atoms with Crippen molar-refractivity contribution in [2.24, 2.45) is 0 Å². The van der Waals surface area contributed by atoms with Gasteiger partial charge in [0.15, 0.2) is 11.6 Å². The molecule has 10 nitrogen and oxygen atoms in total. The third-order valence-corrected chi connectivity index (χ3v) is 6.10. The Morgan fingerprint density at radius 1 is 1.11 bits per heavy atom. The van der Waals surface area contributed by atoms with Crippen LogP contribution in [0.5, 0.6) is 5.75 Å². The van der Waals surface area contributed by atoms with Crippen molar-refractivity contribution in [3.8, 4) is 11.4 Å². The Hall–Kier alpha value is -4.64. The van der Waals surface area contributed by atoms with Crippen LogP contribution in [0.4, 0.5) is 4.39 Å². The van der Waals surface area contributed by atoms with Gasteiger partial charge in [0.2, 0.25) is 0 Å². The molecule has 194 valence electrons. The highest BCUT2D eigenvalue weighted by molar-refractivity contribution is 5.95. The molecule has 1 amide bonds. The zero-order valence-electron chi connectivity index (χ0n) is 21.2. The Bertz CT molecular complexity index is 1610. The Labute approximate surface area is 218 Å². The zero-order valence-corrected chi connectivity index (χ0v) is 21.2. The summed E-state index contributed by atoms with van der Waals surface area (Å²) >= 11 is 0. The second-order valence-electron chi connectivity index (χ2n) is 8.74. The number of aryl methyl sites for hydroxylation is 1. The van der Waals surface area contributed by atoms with Crippen molar-refractivity contribution in [1.82, 2.24) is 35.1 Å². The molecule has 0 spiro atoms. The summed E-state index contributed by atoms with van der Waals surface area (Å²) in [5.41, 5.74) is 3.17. The number of carbonyl (C=O) groups excluding carboxylic acids is 1. The first-order valence-corrected chi connectivity index (χ1v) is 11.9. The molecule has 0 atom stereocenters. The lowest BCUT2D eigenvalue weighted by Gasteiger charge is -2.14. The highest BCUT2D eigenvalue weighted by atomic mass is 19.1. The van der Waals surface area contributed by atoms with Gasteiger partial charge in [-0.2, -0.15) is 5.10 Å². The molecule has 5 aromatic rings. The zero-order chi connectivity index (χ0) is 26.6. The third kappa shape index (κ3) is 5.09. The van der Waals surface area contributed by atoms with Crippen molar-refractivity contribution < 1.29 is 18.7 Å². The maximum atomic E-state index is 15.3. The van der Waals surface area contributed by atoms with E-state index in [0.29, 0.717) is 29.2 Å². The first-order chi connectivity index (χ1) is 18.5. The lowest BCUT2D eigenvalue weighted by Crippen LogP contribution is -2.25. The number of hydrogen-bond donors (Lipinski definition) is 1. The molecule has 2 aromatic carbocycles. The Morgan fingerprint density at radius 2 is 1.97 bits per heavy atom. The van der Waals surface area contributed by atoms with Crippen LogP contribution in [0.25, 0.3) is 16.5 Å². The van der Waals surface area contributed by atoms with Crippen molar-refractivity contribution in [3.63, 3.8) is 0 Å². The molecule has 0 saturated carbocycles. The maximum Gasteiger partial charge on any atom is 0.255 e. The monoisotopic (exact) mass is 515 g/mol. The number of methoxy groups -OCH3 is 2. The van der Waals surface area contributed by atoms with Crippen LogP contribution < -0.4 is 10.1 Å². The summed E-state index contributed by atoms with van der Waals surface area (Å²) in [6.07, 6.45) is 6.91. The van der Waals surface area contributed by atoms with Gasteiger partial charge in [0.25, 0.3) is 5.91 Å². The average molecular weight is 516 g/mol. The summed E-state index contributed by atoms with van der Waals surface area (Å²) in [6, 6.07) is 11.2. The van der Waals surface area contributed by atoms with Crippen molar-refractivity contribution in [2.75, 3.05) is 14.2 Å². The number of fused-ring (bicyclic) bond motifs is 1. The van der Waals surface area contributed by atoms with Crippen LogP contribution >= 0.6 is 0 Å². The van der Waals surface area contributed by atoms with Crippen LogP contribution in [0.3, 0.4) is 0 Å². The van der Waals surface area contributed by atoms with Crippen LogP contribution in [-0.2, 0) is 24.4 Å². The minimum absolute atomic E-state index is 0.0633. The van der Waals surface area contributed by atoms with Gasteiger partial charge in [-0.05, 0) is 42.1 Å². The van der Waals surface area contributed by atoms with Gasteiger partial charge in [0.1, 0.15) is 5.69 Å². The number of nitrogens with zero attached hydrogens (tertiary/aromatic N) is 6. The number of amides is 1. The summed E-state index contributed by atoms with van der Waals surface area (Å²) in [7, 11) is 2.92. The van der Waals surface area contributed by atoms with Crippen LogP contribution in [0, 0.1) is 12.7 Å². The predicted molar refractivity (Wildman–Crippen MR) is 138 cm³/mol. The van der Waals surface area contributed by atoms with E-state index >= 15 is 4.39 Å². The van der Waals surface area contributed by atoms with Crippen LogP contribution in [0.2, 0.25) is 0 Å². The minimum atomic E-state index is -0.586. The van der Waals surface area contributed by atoms with Gasteiger partial charge in [-0.1, -0.05) is 17.3 Å². The van der Waals surface area contributed by atoms with Crippen LogP contribution in [0.1, 0.15) is 32.9 Å². The quantitative estimate of drug-likeness (QED) is 0.320. The average Bonchev–Trinajstić information content (AvgIpc) is 3.53. The van der Waals surface area contributed by atoms with Gasteiger partial charge in [0.05, 0.1) is 43.4 Å². The molecular weight excluding hydrogens is 489 g/mol. The molecule has 0 unspecified atom stereocenters. The smallest absolute Gasteiger partial charge is 0.255 e. The number of ether oxygens (including phenoxy) is 2. The number of rotatable bonds is 9. The van der Waals surface area contributed by atoms with E-state index in [-0.39, 0.29) is 24.5 Å². The number of aromatic nitrogens is 6. The standard InChI is InChI=1S/C27H26FN7O3/c1-17-13-35(33-31-17)24-6-7-25(38-3)26(28)21(24)12-30-27(36)22-15-34(32-23(22)16-37-2)14-18-4-5-19-8-9-29-11-20(19)10-18/h4-11,13,15H,12,14,16H2,1-3H3,(H,30,36). The summed E-state index contributed by atoms with van der Waals surface area (Å²) in [5, 5.41) is 17.5. The first-order valence-electron chi connectivity index (χ1n) is 11.9. The van der Waals surface area contributed by atoms with Crippen LogP contribution in [-0.4, -0.2) is 49.9 Å².